The van der Waals surface area contributed by atoms with Crippen LogP contribution in [0.2, 0.25) is 0 Å². The third kappa shape index (κ3) is 3.98. The number of carbonyl (C=O) groups is 1. The fraction of sp³-hybridized carbons (Fsp3) is 0.524. The summed E-state index contributed by atoms with van der Waals surface area (Å²) in [6, 6.07) is 10.7. The van der Waals surface area contributed by atoms with Crippen molar-refractivity contribution in [1.82, 2.24) is 20.0 Å². The Hall–Kier alpha value is -2.14. The monoisotopic (exact) mass is 354 g/mol. The number of aromatic nitrogens is 2. The van der Waals surface area contributed by atoms with Crippen LogP contribution in [0.25, 0.3) is 0 Å². The summed E-state index contributed by atoms with van der Waals surface area (Å²) >= 11 is 0. The number of likely N-dealkylation sites (N-methyl/N-ethyl adjacent to an activating group) is 1. The van der Waals surface area contributed by atoms with Crippen molar-refractivity contribution in [2.45, 2.75) is 45.6 Å². The highest BCUT2D eigenvalue weighted by molar-refractivity contribution is 5.94. The Morgan fingerprint density at radius 3 is 2.69 bits per heavy atom. The summed E-state index contributed by atoms with van der Waals surface area (Å²) in [6.45, 7) is 7.15. The molecule has 3 rings (SSSR count). The Bertz CT molecular complexity index is 734. The van der Waals surface area contributed by atoms with Gasteiger partial charge in [-0.1, -0.05) is 44.2 Å². The lowest BCUT2D eigenvalue weighted by atomic mass is 9.90. The van der Waals surface area contributed by atoms with Crippen molar-refractivity contribution in [3.8, 4) is 0 Å². The van der Waals surface area contributed by atoms with Gasteiger partial charge in [-0.25, -0.2) is 0 Å². The van der Waals surface area contributed by atoms with Crippen LogP contribution >= 0.6 is 0 Å². The number of benzene rings is 1. The minimum Gasteiger partial charge on any atom is -0.350 e. The van der Waals surface area contributed by atoms with Crippen molar-refractivity contribution < 1.29 is 4.79 Å². The average Bonchev–Trinajstić information content (AvgIpc) is 3.00. The van der Waals surface area contributed by atoms with Gasteiger partial charge in [-0.05, 0) is 44.3 Å². The second kappa shape index (κ2) is 8.49. The lowest BCUT2D eigenvalue weighted by Crippen LogP contribution is -2.39. The maximum atomic E-state index is 12.7. The normalized spacial score (nSPS) is 16.5. The van der Waals surface area contributed by atoms with Gasteiger partial charge >= 0.3 is 0 Å². The van der Waals surface area contributed by atoms with Gasteiger partial charge in [0, 0.05) is 30.9 Å². The van der Waals surface area contributed by atoms with Crippen LogP contribution in [0, 0.1) is 0 Å². The SMILES string of the molecule is CCN(CC)C1CCc2c(c(C(=O)NCCc3ccccc3)nn2C)C1. The molecule has 1 heterocycles. The van der Waals surface area contributed by atoms with E-state index < -0.39 is 0 Å². The molecule has 26 heavy (non-hydrogen) atoms. The van der Waals surface area contributed by atoms with Crippen LogP contribution in [0.15, 0.2) is 30.3 Å². The van der Waals surface area contributed by atoms with Gasteiger partial charge in [0.1, 0.15) is 0 Å². The smallest absolute Gasteiger partial charge is 0.272 e. The molecule has 1 N–H and O–H groups in total. The second-order valence-corrected chi connectivity index (χ2v) is 7.01. The highest BCUT2D eigenvalue weighted by atomic mass is 16.1. The average molecular weight is 354 g/mol. The number of carbonyl (C=O) groups excluding carboxylic acids is 1. The first-order valence-electron chi connectivity index (χ1n) is 9.74. The number of nitrogens with one attached hydrogen (secondary N) is 1. The van der Waals surface area contributed by atoms with Gasteiger partial charge in [0.2, 0.25) is 0 Å². The zero-order valence-corrected chi connectivity index (χ0v) is 16.2. The fourth-order valence-electron chi connectivity index (χ4n) is 4.05. The summed E-state index contributed by atoms with van der Waals surface area (Å²) in [5.74, 6) is -0.0435. The molecule has 1 unspecified atom stereocenters. The minimum absolute atomic E-state index is 0.0435. The van der Waals surface area contributed by atoms with E-state index in [4.69, 9.17) is 0 Å². The van der Waals surface area contributed by atoms with Crippen molar-refractivity contribution in [2.24, 2.45) is 7.05 Å². The number of hydrogen-bond donors (Lipinski definition) is 1. The molecule has 1 amide bonds. The summed E-state index contributed by atoms with van der Waals surface area (Å²) in [7, 11) is 1.96. The highest BCUT2D eigenvalue weighted by Crippen LogP contribution is 2.27. The number of amides is 1. The van der Waals surface area contributed by atoms with Crippen molar-refractivity contribution in [3.63, 3.8) is 0 Å². The van der Waals surface area contributed by atoms with Crippen LogP contribution in [0.4, 0.5) is 0 Å². The summed E-state index contributed by atoms with van der Waals surface area (Å²) < 4.78 is 1.90. The number of nitrogens with zero attached hydrogens (tertiary/aromatic N) is 3. The number of hydrogen-bond acceptors (Lipinski definition) is 3. The molecule has 0 aliphatic heterocycles. The topological polar surface area (TPSA) is 50.2 Å². The van der Waals surface area contributed by atoms with E-state index in [2.05, 4.69) is 41.3 Å². The molecule has 0 bridgehead atoms. The molecule has 2 aromatic rings. The molecule has 0 saturated carbocycles. The molecule has 1 atom stereocenters. The zero-order chi connectivity index (χ0) is 18.5. The van der Waals surface area contributed by atoms with Crippen LogP contribution in [-0.2, 0) is 26.3 Å². The molecule has 140 valence electrons. The van der Waals surface area contributed by atoms with Gasteiger partial charge in [0.25, 0.3) is 5.91 Å². The lowest BCUT2D eigenvalue weighted by Gasteiger charge is -2.32. The van der Waals surface area contributed by atoms with Crippen LogP contribution < -0.4 is 5.32 Å². The maximum absolute atomic E-state index is 12.7. The minimum atomic E-state index is -0.0435. The van der Waals surface area contributed by atoms with Crippen LogP contribution in [0.5, 0.6) is 0 Å². The second-order valence-electron chi connectivity index (χ2n) is 7.01. The quantitative estimate of drug-likeness (QED) is 0.831. The van der Waals surface area contributed by atoms with Crippen molar-refractivity contribution in [3.05, 3.63) is 52.8 Å². The molecule has 1 aromatic carbocycles. The molecule has 0 spiro atoms. The molecule has 1 aliphatic carbocycles. The molecular formula is C21H30N4O. The summed E-state index contributed by atoms with van der Waals surface area (Å²) in [5, 5.41) is 7.60. The third-order valence-corrected chi connectivity index (χ3v) is 5.51. The Kier molecular flexibility index (Phi) is 6.09. The first-order valence-corrected chi connectivity index (χ1v) is 9.74. The van der Waals surface area contributed by atoms with E-state index in [9.17, 15) is 4.79 Å². The Labute approximate surface area is 156 Å². The van der Waals surface area contributed by atoms with Gasteiger partial charge in [-0.15, -0.1) is 0 Å². The Morgan fingerprint density at radius 2 is 2.00 bits per heavy atom. The van der Waals surface area contributed by atoms with Gasteiger partial charge in [0.05, 0.1) is 0 Å². The molecule has 0 saturated heterocycles. The largest absolute Gasteiger partial charge is 0.350 e. The van der Waals surface area contributed by atoms with E-state index >= 15 is 0 Å². The van der Waals surface area contributed by atoms with Crippen LogP contribution in [0.1, 0.15) is 47.6 Å². The fourth-order valence-corrected chi connectivity index (χ4v) is 4.05. The van der Waals surface area contributed by atoms with E-state index in [1.165, 1.54) is 11.3 Å². The van der Waals surface area contributed by atoms with Gasteiger partial charge < -0.3 is 10.2 Å². The molecule has 5 heteroatoms. The molecule has 0 fully saturated rings. The zero-order valence-electron chi connectivity index (χ0n) is 16.2. The van der Waals surface area contributed by atoms with Gasteiger partial charge in [0.15, 0.2) is 5.69 Å². The number of aryl methyl sites for hydroxylation is 1. The van der Waals surface area contributed by atoms with E-state index in [-0.39, 0.29) is 5.91 Å². The number of fused-ring (bicyclic) bond motifs is 1. The highest BCUT2D eigenvalue weighted by Gasteiger charge is 2.30. The van der Waals surface area contributed by atoms with Crippen LogP contribution in [-0.4, -0.2) is 46.3 Å². The number of rotatable bonds is 7. The predicted molar refractivity (Wildman–Crippen MR) is 104 cm³/mol. The maximum Gasteiger partial charge on any atom is 0.272 e. The van der Waals surface area contributed by atoms with Crippen molar-refractivity contribution in [2.75, 3.05) is 19.6 Å². The van der Waals surface area contributed by atoms with Crippen molar-refractivity contribution in [1.29, 1.82) is 0 Å². The Morgan fingerprint density at radius 1 is 1.27 bits per heavy atom. The molecular weight excluding hydrogens is 324 g/mol. The predicted octanol–water partition coefficient (Wildman–Crippen LogP) is 2.59. The van der Waals surface area contributed by atoms with E-state index in [1.54, 1.807) is 0 Å². The molecule has 1 aliphatic rings. The molecule has 1 aromatic heterocycles. The molecule has 5 nitrogen and oxygen atoms in total. The lowest BCUT2D eigenvalue weighted by molar-refractivity contribution is 0.0946. The molecule has 0 radical (unpaired) electrons. The van der Waals surface area contributed by atoms with E-state index in [0.29, 0.717) is 18.3 Å². The van der Waals surface area contributed by atoms with Crippen molar-refractivity contribution >= 4 is 5.91 Å². The summed E-state index contributed by atoms with van der Waals surface area (Å²) in [5.41, 5.74) is 4.22. The standard InChI is InChI=1S/C21H30N4O/c1-4-25(5-2)17-11-12-19-18(15-17)20(23-24(19)3)21(26)22-14-13-16-9-7-6-8-10-16/h6-10,17H,4-5,11-15H2,1-3H3,(H,22,26). The van der Waals surface area contributed by atoms with E-state index in [0.717, 1.165) is 44.3 Å². The van der Waals surface area contributed by atoms with E-state index in [1.807, 2.05) is 29.9 Å². The first kappa shape index (κ1) is 18.6. The van der Waals surface area contributed by atoms with Gasteiger partial charge in [-0.2, -0.15) is 5.10 Å². The van der Waals surface area contributed by atoms with Gasteiger partial charge in [-0.3, -0.25) is 9.48 Å². The summed E-state index contributed by atoms with van der Waals surface area (Å²) in [6.07, 6.45) is 3.90. The summed E-state index contributed by atoms with van der Waals surface area (Å²) in [4.78, 5) is 15.2. The third-order valence-electron chi connectivity index (χ3n) is 5.51. The first-order chi connectivity index (χ1) is 12.6. The Balaban J connectivity index is 1.68. The van der Waals surface area contributed by atoms with Crippen LogP contribution in [0.3, 0.4) is 0 Å².